The normalized spacial score (nSPS) is 11.7. The Kier molecular flexibility index (Phi) is 3.96. The fraction of sp³-hybridized carbons (Fsp3) is 0.500. The van der Waals surface area contributed by atoms with Crippen LogP contribution in [0.15, 0.2) is 12.2 Å². The van der Waals surface area contributed by atoms with E-state index in [1.807, 2.05) is 0 Å². The standard InChI is InChI=1S/C8H11ClO3/c1-8(2,7(9)11)5-4-6(10)12-3/h4-5H,1-3H3/b5-4+. The first-order valence-electron chi connectivity index (χ1n) is 3.37. The van der Waals surface area contributed by atoms with E-state index in [2.05, 4.69) is 4.74 Å². The number of hydrogen-bond acceptors (Lipinski definition) is 3. The molecule has 0 unspecified atom stereocenters. The zero-order valence-electron chi connectivity index (χ0n) is 7.26. The highest BCUT2D eigenvalue weighted by Gasteiger charge is 2.22. The smallest absolute Gasteiger partial charge is 0.330 e. The first-order valence-corrected chi connectivity index (χ1v) is 3.75. The molecule has 0 bridgehead atoms. The number of rotatable bonds is 3. The Balaban J connectivity index is 4.33. The molecule has 0 aliphatic rings. The molecule has 0 aromatic carbocycles. The van der Waals surface area contributed by atoms with Crippen molar-refractivity contribution in [3.05, 3.63) is 12.2 Å². The lowest BCUT2D eigenvalue weighted by Gasteiger charge is -2.12. The van der Waals surface area contributed by atoms with Gasteiger partial charge in [-0.3, -0.25) is 4.79 Å². The van der Waals surface area contributed by atoms with E-state index < -0.39 is 16.6 Å². The Morgan fingerprint density at radius 2 is 1.92 bits per heavy atom. The molecule has 0 aliphatic carbocycles. The van der Waals surface area contributed by atoms with E-state index in [0.29, 0.717) is 0 Å². The topological polar surface area (TPSA) is 43.4 Å². The second kappa shape index (κ2) is 4.26. The van der Waals surface area contributed by atoms with Gasteiger partial charge in [0.05, 0.1) is 12.5 Å². The molecule has 0 N–H and O–H groups in total. The summed E-state index contributed by atoms with van der Waals surface area (Å²) >= 11 is 5.25. The molecular formula is C8H11ClO3. The molecule has 12 heavy (non-hydrogen) atoms. The molecule has 0 saturated heterocycles. The summed E-state index contributed by atoms with van der Waals surface area (Å²) in [4.78, 5) is 21.3. The van der Waals surface area contributed by atoms with Gasteiger partial charge >= 0.3 is 5.97 Å². The van der Waals surface area contributed by atoms with Crippen molar-refractivity contribution >= 4 is 22.8 Å². The van der Waals surface area contributed by atoms with Gasteiger partial charge < -0.3 is 4.74 Å². The molecule has 0 fully saturated rings. The van der Waals surface area contributed by atoms with Crippen LogP contribution in [0.3, 0.4) is 0 Å². The monoisotopic (exact) mass is 190 g/mol. The molecule has 0 atom stereocenters. The Bertz CT molecular complexity index is 218. The van der Waals surface area contributed by atoms with E-state index in [4.69, 9.17) is 11.6 Å². The van der Waals surface area contributed by atoms with Crippen LogP contribution in [0, 0.1) is 5.41 Å². The van der Waals surface area contributed by atoms with Gasteiger partial charge in [0.15, 0.2) is 0 Å². The Morgan fingerprint density at radius 3 is 2.25 bits per heavy atom. The van der Waals surface area contributed by atoms with Crippen LogP contribution in [0.25, 0.3) is 0 Å². The van der Waals surface area contributed by atoms with Gasteiger partial charge in [-0.05, 0) is 25.4 Å². The van der Waals surface area contributed by atoms with E-state index in [1.54, 1.807) is 13.8 Å². The number of carbonyl (C=O) groups is 2. The number of methoxy groups -OCH3 is 1. The highest BCUT2D eigenvalue weighted by Crippen LogP contribution is 2.20. The third-order valence-electron chi connectivity index (χ3n) is 1.34. The quantitative estimate of drug-likeness (QED) is 0.385. The molecule has 0 spiro atoms. The van der Waals surface area contributed by atoms with Crippen molar-refractivity contribution < 1.29 is 14.3 Å². The minimum Gasteiger partial charge on any atom is -0.466 e. The number of ether oxygens (including phenoxy) is 1. The van der Waals surface area contributed by atoms with Gasteiger partial charge in [0.1, 0.15) is 0 Å². The minimum atomic E-state index is -0.824. The maximum absolute atomic E-state index is 10.7. The van der Waals surface area contributed by atoms with Crippen molar-refractivity contribution in [1.29, 1.82) is 0 Å². The third kappa shape index (κ3) is 3.53. The van der Waals surface area contributed by atoms with Crippen LogP contribution in [-0.2, 0) is 14.3 Å². The lowest BCUT2D eigenvalue weighted by atomic mass is 9.95. The van der Waals surface area contributed by atoms with Gasteiger partial charge in [0, 0.05) is 6.08 Å². The summed E-state index contributed by atoms with van der Waals surface area (Å²) in [5.74, 6) is -0.499. The van der Waals surface area contributed by atoms with Crippen molar-refractivity contribution in [3.8, 4) is 0 Å². The summed E-state index contributed by atoms with van der Waals surface area (Å²) < 4.78 is 4.35. The number of hydrogen-bond donors (Lipinski definition) is 0. The second-order valence-electron chi connectivity index (χ2n) is 2.85. The summed E-state index contributed by atoms with van der Waals surface area (Å²) in [5, 5.41) is -0.511. The van der Waals surface area contributed by atoms with Crippen molar-refractivity contribution in [3.63, 3.8) is 0 Å². The van der Waals surface area contributed by atoms with E-state index in [9.17, 15) is 9.59 Å². The largest absolute Gasteiger partial charge is 0.466 e. The molecule has 3 nitrogen and oxygen atoms in total. The third-order valence-corrected chi connectivity index (χ3v) is 1.83. The molecule has 0 aromatic heterocycles. The van der Waals surface area contributed by atoms with Crippen molar-refractivity contribution in [2.24, 2.45) is 5.41 Å². The lowest BCUT2D eigenvalue weighted by Crippen LogP contribution is -2.16. The first-order chi connectivity index (χ1) is 5.40. The zero-order valence-corrected chi connectivity index (χ0v) is 8.01. The SMILES string of the molecule is COC(=O)/C=C/C(C)(C)C(=O)Cl. The fourth-order valence-corrected chi connectivity index (χ4v) is 0.473. The molecule has 4 heteroatoms. The Hall–Kier alpha value is -0.830. The van der Waals surface area contributed by atoms with Crippen LogP contribution in [0.4, 0.5) is 0 Å². The van der Waals surface area contributed by atoms with Crippen molar-refractivity contribution in [2.45, 2.75) is 13.8 Å². The maximum atomic E-state index is 10.7. The first kappa shape index (κ1) is 11.2. The molecule has 0 aromatic rings. The highest BCUT2D eigenvalue weighted by atomic mass is 35.5. The average Bonchev–Trinajstić information content (AvgIpc) is 2.00. The zero-order chi connectivity index (χ0) is 9.78. The van der Waals surface area contributed by atoms with Gasteiger partial charge in [-0.2, -0.15) is 0 Å². The van der Waals surface area contributed by atoms with Crippen LogP contribution in [0.1, 0.15) is 13.8 Å². The summed E-state index contributed by atoms with van der Waals surface area (Å²) in [6.07, 6.45) is 2.59. The summed E-state index contributed by atoms with van der Waals surface area (Å²) in [5.41, 5.74) is -0.824. The van der Waals surface area contributed by atoms with E-state index in [1.165, 1.54) is 19.3 Å². The average molecular weight is 191 g/mol. The van der Waals surface area contributed by atoms with E-state index in [0.717, 1.165) is 0 Å². The number of halogens is 1. The van der Waals surface area contributed by atoms with Crippen molar-refractivity contribution in [1.82, 2.24) is 0 Å². The molecule has 0 radical (unpaired) electrons. The van der Waals surface area contributed by atoms with Crippen molar-refractivity contribution in [2.75, 3.05) is 7.11 Å². The molecule has 0 saturated carbocycles. The summed E-state index contributed by atoms with van der Waals surface area (Å²) in [6.45, 7) is 3.23. The van der Waals surface area contributed by atoms with Gasteiger partial charge in [-0.25, -0.2) is 4.79 Å². The van der Waals surface area contributed by atoms with Gasteiger partial charge in [-0.15, -0.1) is 0 Å². The summed E-state index contributed by atoms with van der Waals surface area (Å²) in [7, 11) is 1.27. The fourth-order valence-electron chi connectivity index (χ4n) is 0.410. The Labute approximate surface area is 76.3 Å². The second-order valence-corrected chi connectivity index (χ2v) is 3.20. The predicted molar refractivity (Wildman–Crippen MR) is 45.8 cm³/mol. The minimum absolute atomic E-state index is 0.499. The number of carbonyl (C=O) groups excluding carboxylic acids is 2. The summed E-state index contributed by atoms with van der Waals surface area (Å²) in [6, 6.07) is 0. The van der Waals surface area contributed by atoms with Crippen LogP contribution in [-0.4, -0.2) is 18.3 Å². The van der Waals surface area contributed by atoms with Crippen LogP contribution < -0.4 is 0 Å². The van der Waals surface area contributed by atoms with Crippen LogP contribution >= 0.6 is 11.6 Å². The highest BCUT2D eigenvalue weighted by molar-refractivity contribution is 6.64. The number of esters is 1. The molecule has 0 aliphatic heterocycles. The molecule has 0 amide bonds. The van der Waals surface area contributed by atoms with E-state index in [-0.39, 0.29) is 0 Å². The number of allylic oxidation sites excluding steroid dienone is 1. The van der Waals surface area contributed by atoms with Crippen LogP contribution in [0.2, 0.25) is 0 Å². The molecular weight excluding hydrogens is 180 g/mol. The molecule has 0 heterocycles. The van der Waals surface area contributed by atoms with E-state index >= 15 is 0 Å². The molecule has 0 rings (SSSR count). The predicted octanol–water partition coefficient (Wildman–Crippen LogP) is 1.51. The lowest BCUT2D eigenvalue weighted by molar-refractivity contribution is -0.134. The van der Waals surface area contributed by atoms with Gasteiger partial charge in [-0.1, -0.05) is 6.08 Å². The Morgan fingerprint density at radius 1 is 1.42 bits per heavy atom. The van der Waals surface area contributed by atoms with Crippen LogP contribution in [0.5, 0.6) is 0 Å². The van der Waals surface area contributed by atoms with Gasteiger partial charge in [0.25, 0.3) is 0 Å². The molecule has 68 valence electrons. The van der Waals surface area contributed by atoms with Gasteiger partial charge in [0.2, 0.25) is 5.24 Å². The maximum Gasteiger partial charge on any atom is 0.330 e.